The zero-order chi connectivity index (χ0) is 17.1. The molecule has 1 amide bonds. The first-order chi connectivity index (χ1) is 11.5. The number of amides is 1. The van der Waals surface area contributed by atoms with Crippen molar-refractivity contribution in [1.82, 2.24) is 10.1 Å². The second kappa shape index (κ2) is 7.15. The number of nitrogens with one attached hydrogen (secondary N) is 1. The van der Waals surface area contributed by atoms with E-state index in [0.717, 1.165) is 28.3 Å². The second-order valence-corrected chi connectivity index (χ2v) is 6.69. The summed E-state index contributed by atoms with van der Waals surface area (Å²) in [5.74, 6) is 0.680. The molecule has 0 bridgehead atoms. The van der Waals surface area contributed by atoms with E-state index in [1.54, 1.807) is 0 Å². The Kier molecular flexibility index (Phi) is 4.97. The zero-order valence-corrected chi connectivity index (χ0v) is 14.9. The number of nitrogens with zero attached hydrogens (tertiary/aromatic N) is 2. The average molecular weight is 362 g/mol. The van der Waals surface area contributed by atoms with E-state index in [2.05, 4.69) is 15.5 Å². The van der Waals surface area contributed by atoms with Crippen molar-refractivity contribution < 1.29 is 9.32 Å². The van der Waals surface area contributed by atoms with Crippen molar-refractivity contribution in [2.24, 2.45) is 0 Å². The van der Waals surface area contributed by atoms with Crippen molar-refractivity contribution in [1.29, 1.82) is 0 Å². The molecule has 124 valence electrons. The van der Waals surface area contributed by atoms with Gasteiger partial charge in [0.2, 0.25) is 5.91 Å². The lowest BCUT2D eigenvalue weighted by Gasteiger charge is -2.02. The van der Waals surface area contributed by atoms with Crippen LogP contribution in [0.3, 0.4) is 0 Å². The maximum atomic E-state index is 12.1. The third-order valence-corrected chi connectivity index (χ3v) is 4.65. The summed E-state index contributed by atoms with van der Waals surface area (Å²) in [7, 11) is 0. The Morgan fingerprint density at radius 2 is 2.21 bits per heavy atom. The molecule has 0 aliphatic heterocycles. The molecule has 0 fully saturated rings. The molecule has 7 heteroatoms. The number of halogens is 1. The van der Waals surface area contributed by atoms with Crippen molar-refractivity contribution in [2.45, 2.75) is 26.7 Å². The molecule has 2 heterocycles. The molecule has 0 saturated carbocycles. The Bertz CT molecular complexity index is 853. The van der Waals surface area contributed by atoms with Gasteiger partial charge in [-0.05, 0) is 32.4 Å². The molecule has 1 aromatic carbocycles. The van der Waals surface area contributed by atoms with Gasteiger partial charge in [-0.15, -0.1) is 11.3 Å². The summed E-state index contributed by atoms with van der Waals surface area (Å²) in [6.45, 7) is 3.73. The predicted octanol–water partition coefficient (Wildman–Crippen LogP) is 4.64. The minimum atomic E-state index is -0.0815. The molecule has 2 aromatic heterocycles. The van der Waals surface area contributed by atoms with Gasteiger partial charge in [0.15, 0.2) is 5.13 Å². The maximum absolute atomic E-state index is 12.1. The molecule has 0 atom stereocenters. The van der Waals surface area contributed by atoms with Gasteiger partial charge in [-0.3, -0.25) is 4.79 Å². The van der Waals surface area contributed by atoms with Gasteiger partial charge in [0.25, 0.3) is 0 Å². The van der Waals surface area contributed by atoms with E-state index >= 15 is 0 Å². The fourth-order valence-electron chi connectivity index (χ4n) is 2.39. The Labute approximate surface area is 148 Å². The minimum Gasteiger partial charge on any atom is -0.361 e. The van der Waals surface area contributed by atoms with E-state index in [-0.39, 0.29) is 5.91 Å². The van der Waals surface area contributed by atoms with E-state index in [9.17, 15) is 4.79 Å². The summed E-state index contributed by atoms with van der Waals surface area (Å²) in [6, 6.07) is 7.47. The van der Waals surface area contributed by atoms with Gasteiger partial charge in [0, 0.05) is 28.0 Å². The molecule has 5 nitrogen and oxygen atoms in total. The van der Waals surface area contributed by atoms with Gasteiger partial charge >= 0.3 is 0 Å². The molecule has 3 rings (SSSR count). The van der Waals surface area contributed by atoms with E-state index < -0.39 is 0 Å². The van der Waals surface area contributed by atoms with Crippen LogP contribution in [-0.4, -0.2) is 16.0 Å². The molecule has 24 heavy (non-hydrogen) atoms. The van der Waals surface area contributed by atoms with Crippen LogP contribution in [0.5, 0.6) is 0 Å². The van der Waals surface area contributed by atoms with Gasteiger partial charge in [-0.25, -0.2) is 4.98 Å². The van der Waals surface area contributed by atoms with Gasteiger partial charge < -0.3 is 9.84 Å². The molecule has 0 saturated heterocycles. The summed E-state index contributed by atoms with van der Waals surface area (Å²) in [4.78, 5) is 16.6. The minimum absolute atomic E-state index is 0.0815. The van der Waals surface area contributed by atoms with Crippen molar-refractivity contribution in [3.8, 4) is 11.3 Å². The van der Waals surface area contributed by atoms with Crippen molar-refractivity contribution in [3.05, 3.63) is 51.7 Å². The van der Waals surface area contributed by atoms with E-state index in [1.165, 1.54) is 11.3 Å². The number of hydrogen-bond acceptors (Lipinski definition) is 5. The van der Waals surface area contributed by atoms with Crippen molar-refractivity contribution in [3.63, 3.8) is 0 Å². The smallest absolute Gasteiger partial charge is 0.226 e. The number of aryl methyl sites for hydroxylation is 2. The number of anilines is 1. The number of hydrogen-bond donors (Lipinski definition) is 1. The maximum Gasteiger partial charge on any atom is 0.226 e. The highest BCUT2D eigenvalue weighted by atomic mass is 35.5. The lowest BCUT2D eigenvalue weighted by Crippen LogP contribution is -2.12. The molecule has 0 unspecified atom stereocenters. The first-order valence-corrected chi connectivity index (χ1v) is 8.72. The van der Waals surface area contributed by atoms with Crippen LogP contribution >= 0.6 is 22.9 Å². The number of carbonyl (C=O) groups is 1. The Hall–Kier alpha value is -2.18. The van der Waals surface area contributed by atoms with Crippen LogP contribution in [0.15, 0.2) is 34.2 Å². The van der Waals surface area contributed by atoms with Gasteiger partial charge in [-0.2, -0.15) is 0 Å². The highest BCUT2D eigenvalue weighted by Gasteiger charge is 2.13. The van der Waals surface area contributed by atoms with Gasteiger partial charge in [0.1, 0.15) is 5.76 Å². The van der Waals surface area contributed by atoms with E-state index in [0.29, 0.717) is 23.0 Å². The molecule has 0 aliphatic rings. The fourth-order valence-corrected chi connectivity index (χ4v) is 3.32. The highest BCUT2D eigenvalue weighted by molar-refractivity contribution is 7.14. The number of carbonyl (C=O) groups excluding carboxylic acids is 1. The molecule has 0 radical (unpaired) electrons. The van der Waals surface area contributed by atoms with Crippen LogP contribution in [0.4, 0.5) is 5.13 Å². The van der Waals surface area contributed by atoms with E-state index in [1.807, 2.05) is 43.5 Å². The van der Waals surface area contributed by atoms with E-state index in [4.69, 9.17) is 16.1 Å². The first-order valence-electron chi connectivity index (χ1n) is 7.46. The largest absolute Gasteiger partial charge is 0.361 e. The van der Waals surface area contributed by atoms with Crippen LogP contribution < -0.4 is 5.32 Å². The van der Waals surface area contributed by atoms with Gasteiger partial charge in [0.05, 0.1) is 11.4 Å². The lowest BCUT2D eigenvalue weighted by atomic mass is 10.1. The van der Waals surface area contributed by atoms with Crippen LogP contribution in [0.2, 0.25) is 5.02 Å². The highest BCUT2D eigenvalue weighted by Crippen LogP contribution is 2.27. The first kappa shape index (κ1) is 16.7. The third kappa shape index (κ3) is 3.83. The Balaban J connectivity index is 1.61. The quantitative estimate of drug-likeness (QED) is 0.718. The van der Waals surface area contributed by atoms with Gasteiger partial charge in [-0.1, -0.05) is 28.9 Å². The molecule has 0 spiro atoms. The molecular weight excluding hydrogens is 346 g/mol. The third-order valence-electron chi connectivity index (χ3n) is 3.65. The number of benzene rings is 1. The average Bonchev–Trinajstić information content (AvgIpc) is 3.13. The second-order valence-electron chi connectivity index (χ2n) is 5.40. The summed E-state index contributed by atoms with van der Waals surface area (Å²) < 4.78 is 5.11. The lowest BCUT2D eigenvalue weighted by molar-refractivity contribution is -0.116. The molecule has 1 N–H and O–H groups in total. The SMILES string of the molecule is Cc1noc(C)c1CCC(=O)Nc1nc(-c2cccc(Cl)c2)cs1. The number of rotatable bonds is 5. The van der Waals surface area contributed by atoms with Crippen LogP contribution in [0, 0.1) is 13.8 Å². The normalized spacial score (nSPS) is 10.8. The predicted molar refractivity (Wildman–Crippen MR) is 95.5 cm³/mol. The van der Waals surface area contributed by atoms with Crippen LogP contribution in [-0.2, 0) is 11.2 Å². The van der Waals surface area contributed by atoms with Crippen molar-refractivity contribution >= 4 is 34.0 Å². The topological polar surface area (TPSA) is 68.0 Å². The molecule has 3 aromatic rings. The molecule has 0 aliphatic carbocycles. The number of thiazole rings is 1. The summed E-state index contributed by atoms with van der Waals surface area (Å²) in [6.07, 6.45) is 0.953. The number of aromatic nitrogens is 2. The monoisotopic (exact) mass is 361 g/mol. The summed E-state index contributed by atoms with van der Waals surface area (Å²) >= 11 is 7.39. The Morgan fingerprint density at radius 1 is 1.38 bits per heavy atom. The standard InChI is InChI=1S/C17H16ClN3O2S/c1-10-14(11(2)23-21-10)6-7-16(22)20-17-19-15(9-24-17)12-4-3-5-13(18)8-12/h3-5,8-9H,6-7H2,1-2H3,(H,19,20,22). The zero-order valence-electron chi connectivity index (χ0n) is 13.3. The molecular formula is C17H16ClN3O2S. The van der Waals surface area contributed by atoms with Crippen LogP contribution in [0.1, 0.15) is 23.4 Å². The fraction of sp³-hybridized carbons (Fsp3) is 0.235. The summed E-state index contributed by atoms with van der Waals surface area (Å²) in [5.41, 5.74) is 3.54. The van der Waals surface area contributed by atoms with Crippen molar-refractivity contribution in [2.75, 3.05) is 5.32 Å². The summed E-state index contributed by atoms with van der Waals surface area (Å²) in [5, 5.41) is 9.86. The van der Waals surface area contributed by atoms with Crippen LogP contribution in [0.25, 0.3) is 11.3 Å². The Morgan fingerprint density at radius 3 is 2.92 bits per heavy atom.